The number of fused-ring (bicyclic) bond motifs is 1. The van der Waals surface area contributed by atoms with Crippen molar-refractivity contribution in [3.05, 3.63) is 65.2 Å². The average molecular weight is 345 g/mol. The van der Waals surface area contributed by atoms with Gasteiger partial charge in [-0.05, 0) is 41.7 Å². The lowest BCUT2D eigenvalue weighted by atomic mass is 9.89. The minimum Gasteiger partial charge on any atom is -0.497 e. The molecule has 5 heteroatoms. The summed E-state index contributed by atoms with van der Waals surface area (Å²) in [4.78, 5) is 0. The van der Waals surface area contributed by atoms with Gasteiger partial charge >= 0.3 is 0 Å². The Morgan fingerprint density at radius 1 is 1.17 bits per heavy atom. The first-order valence-corrected chi connectivity index (χ1v) is 9.89. The van der Waals surface area contributed by atoms with E-state index in [2.05, 4.69) is 0 Å². The molecule has 0 N–H and O–H groups in total. The van der Waals surface area contributed by atoms with Crippen LogP contribution in [0.25, 0.3) is 0 Å². The SMILES string of the molecule is CCCS(=O)(=O)N1CCc2ccc(OC)cc2C1c1ccccc1. The van der Waals surface area contributed by atoms with Gasteiger partial charge in [0.25, 0.3) is 0 Å². The lowest BCUT2D eigenvalue weighted by molar-refractivity contribution is 0.341. The number of methoxy groups -OCH3 is 1. The second kappa shape index (κ2) is 6.95. The number of hydrogen-bond donors (Lipinski definition) is 0. The molecule has 1 atom stereocenters. The summed E-state index contributed by atoms with van der Waals surface area (Å²) in [7, 11) is -1.67. The van der Waals surface area contributed by atoms with Crippen molar-refractivity contribution in [3.63, 3.8) is 0 Å². The summed E-state index contributed by atoms with van der Waals surface area (Å²) < 4.78 is 32.7. The van der Waals surface area contributed by atoms with Gasteiger partial charge in [-0.3, -0.25) is 0 Å². The van der Waals surface area contributed by atoms with E-state index in [1.807, 2.05) is 55.5 Å². The van der Waals surface area contributed by atoms with Crippen molar-refractivity contribution in [2.24, 2.45) is 0 Å². The van der Waals surface area contributed by atoms with E-state index < -0.39 is 10.0 Å². The molecule has 1 aliphatic rings. The minimum atomic E-state index is -3.30. The van der Waals surface area contributed by atoms with Gasteiger partial charge in [-0.15, -0.1) is 0 Å². The van der Waals surface area contributed by atoms with E-state index in [0.717, 1.165) is 23.3 Å². The normalized spacial score (nSPS) is 18.2. The van der Waals surface area contributed by atoms with E-state index >= 15 is 0 Å². The standard InChI is InChI=1S/C19H23NO3S/c1-3-13-24(21,22)20-12-11-15-9-10-17(23-2)14-18(15)19(20)16-7-5-4-6-8-16/h4-10,14,19H,3,11-13H2,1-2H3. The molecule has 128 valence electrons. The van der Waals surface area contributed by atoms with E-state index in [-0.39, 0.29) is 11.8 Å². The van der Waals surface area contributed by atoms with E-state index in [4.69, 9.17) is 4.74 Å². The third-order valence-electron chi connectivity index (χ3n) is 4.47. The Bertz CT molecular complexity index is 803. The molecule has 0 spiro atoms. The molecule has 0 radical (unpaired) electrons. The first kappa shape index (κ1) is 17.0. The maximum absolute atomic E-state index is 12.8. The van der Waals surface area contributed by atoms with Gasteiger partial charge < -0.3 is 4.74 Å². The van der Waals surface area contributed by atoms with Gasteiger partial charge in [-0.1, -0.05) is 43.3 Å². The molecule has 0 aliphatic carbocycles. The van der Waals surface area contributed by atoms with Gasteiger partial charge in [0.15, 0.2) is 0 Å². The lowest BCUT2D eigenvalue weighted by Gasteiger charge is -2.37. The number of benzene rings is 2. The zero-order valence-corrected chi connectivity index (χ0v) is 14.9. The first-order chi connectivity index (χ1) is 11.6. The average Bonchev–Trinajstić information content (AvgIpc) is 2.60. The molecule has 1 aliphatic heterocycles. The number of sulfonamides is 1. The second-order valence-corrected chi connectivity index (χ2v) is 8.10. The number of ether oxygens (including phenoxy) is 1. The van der Waals surface area contributed by atoms with Crippen LogP contribution in [0.1, 0.15) is 36.1 Å². The van der Waals surface area contributed by atoms with Crippen LogP contribution < -0.4 is 4.74 Å². The van der Waals surface area contributed by atoms with Crippen LogP contribution in [0.4, 0.5) is 0 Å². The molecule has 2 aromatic carbocycles. The second-order valence-electron chi connectivity index (χ2n) is 6.05. The van der Waals surface area contributed by atoms with Gasteiger partial charge in [-0.25, -0.2) is 8.42 Å². The molecule has 0 saturated heterocycles. The third kappa shape index (κ3) is 3.19. The molecule has 0 saturated carbocycles. The van der Waals surface area contributed by atoms with Crippen LogP contribution >= 0.6 is 0 Å². The largest absolute Gasteiger partial charge is 0.497 e. The molecule has 4 nitrogen and oxygen atoms in total. The summed E-state index contributed by atoms with van der Waals surface area (Å²) in [5, 5.41) is 0. The van der Waals surface area contributed by atoms with Crippen molar-refractivity contribution >= 4 is 10.0 Å². The van der Waals surface area contributed by atoms with E-state index in [1.54, 1.807) is 11.4 Å². The highest BCUT2D eigenvalue weighted by molar-refractivity contribution is 7.89. The molecule has 0 amide bonds. The van der Waals surface area contributed by atoms with E-state index in [0.29, 0.717) is 13.0 Å². The molecule has 1 heterocycles. The summed E-state index contributed by atoms with van der Waals surface area (Å²) in [6.07, 6.45) is 1.34. The molecule has 0 aromatic heterocycles. The molecule has 2 aromatic rings. The van der Waals surface area contributed by atoms with Gasteiger partial charge in [0.05, 0.1) is 18.9 Å². The van der Waals surface area contributed by atoms with Crippen molar-refractivity contribution in [2.45, 2.75) is 25.8 Å². The summed E-state index contributed by atoms with van der Waals surface area (Å²) >= 11 is 0. The van der Waals surface area contributed by atoms with Crippen molar-refractivity contribution in [1.29, 1.82) is 0 Å². The Balaban J connectivity index is 2.15. The fourth-order valence-electron chi connectivity index (χ4n) is 3.35. The molecule has 3 rings (SSSR count). The third-order valence-corrected chi connectivity index (χ3v) is 6.50. The van der Waals surface area contributed by atoms with Crippen LogP contribution in [0.3, 0.4) is 0 Å². The van der Waals surface area contributed by atoms with Crippen LogP contribution in [0.15, 0.2) is 48.5 Å². The molecular weight excluding hydrogens is 322 g/mol. The fraction of sp³-hybridized carbons (Fsp3) is 0.368. The fourth-order valence-corrected chi connectivity index (χ4v) is 5.03. The highest BCUT2D eigenvalue weighted by Crippen LogP contribution is 2.38. The maximum Gasteiger partial charge on any atom is 0.214 e. The summed E-state index contributed by atoms with van der Waals surface area (Å²) in [5.74, 6) is 0.930. The Labute approximate surface area is 144 Å². The quantitative estimate of drug-likeness (QED) is 0.834. The van der Waals surface area contributed by atoms with Crippen molar-refractivity contribution < 1.29 is 13.2 Å². The smallest absolute Gasteiger partial charge is 0.214 e. The van der Waals surface area contributed by atoms with Crippen molar-refractivity contribution in [1.82, 2.24) is 4.31 Å². The molecule has 0 bridgehead atoms. The van der Waals surface area contributed by atoms with E-state index in [1.165, 1.54) is 5.56 Å². The molecular formula is C19H23NO3S. The maximum atomic E-state index is 12.8. The van der Waals surface area contributed by atoms with Crippen molar-refractivity contribution in [2.75, 3.05) is 19.4 Å². The summed E-state index contributed by atoms with van der Waals surface area (Å²) in [6, 6.07) is 15.5. The van der Waals surface area contributed by atoms with E-state index in [9.17, 15) is 8.42 Å². The monoisotopic (exact) mass is 345 g/mol. The highest BCUT2D eigenvalue weighted by Gasteiger charge is 2.36. The van der Waals surface area contributed by atoms with Crippen LogP contribution in [0, 0.1) is 0 Å². The molecule has 1 unspecified atom stereocenters. The Hall–Kier alpha value is -1.85. The van der Waals surface area contributed by atoms with Gasteiger partial charge in [-0.2, -0.15) is 4.31 Å². The van der Waals surface area contributed by atoms with Crippen LogP contribution in [-0.2, 0) is 16.4 Å². The predicted octanol–water partition coefficient (Wildman–Crippen LogP) is 3.38. The predicted molar refractivity (Wildman–Crippen MR) is 95.8 cm³/mol. The molecule has 0 fully saturated rings. The first-order valence-electron chi connectivity index (χ1n) is 8.28. The van der Waals surface area contributed by atoms with Crippen molar-refractivity contribution in [3.8, 4) is 5.75 Å². The van der Waals surface area contributed by atoms with Gasteiger partial charge in [0.2, 0.25) is 10.0 Å². The number of rotatable bonds is 5. The van der Waals surface area contributed by atoms with Gasteiger partial charge in [0, 0.05) is 6.54 Å². The number of hydrogen-bond acceptors (Lipinski definition) is 3. The van der Waals surface area contributed by atoms with Crippen LogP contribution in [0.2, 0.25) is 0 Å². The summed E-state index contributed by atoms with van der Waals surface area (Å²) in [6.45, 7) is 2.41. The minimum absolute atomic E-state index is 0.176. The zero-order chi connectivity index (χ0) is 17.2. The van der Waals surface area contributed by atoms with Crippen LogP contribution in [0.5, 0.6) is 5.75 Å². The highest BCUT2D eigenvalue weighted by atomic mass is 32.2. The Morgan fingerprint density at radius 2 is 1.92 bits per heavy atom. The Kier molecular flexibility index (Phi) is 4.92. The summed E-state index contributed by atoms with van der Waals surface area (Å²) in [5.41, 5.74) is 3.20. The number of nitrogens with zero attached hydrogens (tertiary/aromatic N) is 1. The zero-order valence-electron chi connectivity index (χ0n) is 14.1. The van der Waals surface area contributed by atoms with Gasteiger partial charge in [0.1, 0.15) is 5.75 Å². The topological polar surface area (TPSA) is 46.6 Å². The Morgan fingerprint density at radius 3 is 2.58 bits per heavy atom. The lowest BCUT2D eigenvalue weighted by Crippen LogP contribution is -2.41. The van der Waals surface area contributed by atoms with Crippen LogP contribution in [-0.4, -0.2) is 32.1 Å². The molecule has 24 heavy (non-hydrogen) atoms.